The van der Waals surface area contributed by atoms with Gasteiger partial charge in [-0.3, -0.25) is 9.55 Å². The summed E-state index contributed by atoms with van der Waals surface area (Å²) in [5.41, 5.74) is 8.98. The van der Waals surface area contributed by atoms with E-state index in [1.807, 2.05) is 13.8 Å². The molecule has 114 valence electrons. The van der Waals surface area contributed by atoms with Crippen LogP contribution in [0.15, 0.2) is 11.0 Å². The molecular formula is C13H12ClIN6O. The second-order valence-electron chi connectivity index (χ2n) is 4.91. The molecule has 0 aromatic carbocycles. The Morgan fingerprint density at radius 1 is 1.41 bits per heavy atom. The summed E-state index contributed by atoms with van der Waals surface area (Å²) in [6, 6.07) is 0. The van der Waals surface area contributed by atoms with Crippen LogP contribution in [0.5, 0.6) is 0 Å². The minimum absolute atomic E-state index is 0.0217. The topological polar surface area (TPSA) is 102 Å². The van der Waals surface area contributed by atoms with E-state index in [4.69, 9.17) is 17.3 Å². The maximum atomic E-state index is 12.2. The number of fused-ring (bicyclic) bond motifs is 1. The lowest BCUT2D eigenvalue weighted by Crippen LogP contribution is -2.19. The molecule has 0 aliphatic carbocycles. The average molecular weight is 431 g/mol. The van der Waals surface area contributed by atoms with Crippen LogP contribution in [0.3, 0.4) is 0 Å². The molecule has 3 aromatic heterocycles. The van der Waals surface area contributed by atoms with Crippen LogP contribution in [-0.4, -0.2) is 24.5 Å². The van der Waals surface area contributed by atoms with Gasteiger partial charge in [-0.2, -0.15) is 9.97 Å². The first-order valence-electron chi connectivity index (χ1n) is 6.40. The number of imidazole rings is 1. The van der Waals surface area contributed by atoms with Crippen molar-refractivity contribution < 1.29 is 0 Å². The highest BCUT2D eigenvalue weighted by Gasteiger charge is 2.15. The second kappa shape index (κ2) is 5.51. The number of rotatable bonds is 2. The summed E-state index contributed by atoms with van der Waals surface area (Å²) in [6.07, 6.45) is 1.79. The summed E-state index contributed by atoms with van der Waals surface area (Å²) in [7, 11) is 0. The molecule has 0 unspecified atom stereocenters. The number of aromatic nitrogens is 5. The van der Waals surface area contributed by atoms with Crippen LogP contribution in [0.1, 0.15) is 16.8 Å². The largest absolute Gasteiger partial charge is 0.368 e. The summed E-state index contributed by atoms with van der Waals surface area (Å²) in [5.74, 6) is 0.0217. The number of aryl methyl sites for hydroxylation is 1. The predicted molar refractivity (Wildman–Crippen MR) is 93.1 cm³/mol. The van der Waals surface area contributed by atoms with Crippen LogP contribution < -0.4 is 11.4 Å². The monoisotopic (exact) mass is 430 g/mol. The van der Waals surface area contributed by atoms with Gasteiger partial charge in [-0.1, -0.05) is 11.6 Å². The molecule has 0 fully saturated rings. The van der Waals surface area contributed by atoms with Crippen molar-refractivity contribution in [1.29, 1.82) is 0 Å². The molecule has 3 aromatic rings. The van der Waals surface area contributed by atoms with E-state index >= 15 is 0 Å². The van der Waals surface area contributed by atoms with E-state index in [0.29, 0.717) is 11.2 Å². The van der Waals surface area contributed by atoms with Crippen molar-refractivity contribution >= 4 is 51.3 Å². The van der Waals surface area contributed by atoms with Gasteiger partial charge in [0, 0.05) is 9.77 Å². The Balaban J connectivity index is 2.18. The van der Waals surface area contributed by atoms with Gasteiger partial charge in [-0.05, 0) is 47.6 Å². The minimum atomic E-state index is -0.325. The van der Waals surface area contributed by atoms with E-state index in [1.165, 1.54) is 4.57 Å². The number of nitrogens with two attached hydrogens (primary N) is 1. The molecule has 0 atom stereocenters. The number of anilines is 1. The van der Waals surface area contributed by atoms with Gasteiger partial charge in [0.1, 0.15) is 5.52 Å². The van der Waals surface area contributed by atoms with Crippen LogP contribution in [0, 0.1) is 17.4 Å². The number of halogens is 2. The van der Waals surface area contributed by atoms with Crippen molar-refractivity contribution in [2.75, 3.05) is 5.73 Å². The van der Waals surface area contributed by atoms with Crippen LogP contribution in [0.25, 0.3) is 11.2 Å². The third-order valence-electron chi connectivity index (χ3n) is 3.43. The molecule has 0 radical (unpaired) electrons. The first-order chi connectivity index (χ1) is 10.4. The molecule has 22 heavy (non-hydrogen) atoms. The fourth-order valence-electron chi connectivity index (χ4n) is 2.22. The summed E-state index contributed by atoms with van der Waals surface area (Å²) in [5, 5.41) is 0.126. The molecule has 3 N–H and O–H groups in total. The van der Waals surface area contributed by atoms with E-state index in [9.17, 15) is 4.79 Å². The van der Waals surface area contributed by atoms with Crippen molar-refractivity contribution in [3.05, 3.63) is 42.2 Å². The quantitative estimate of drug-likeness (QED) is 0.478. The van der Waals surface area contributed by atoms with Gasteiger partial charge in [0.25, 0.3) is 0 Å². The van der Waals surface area contributed by atoms with Crippen LogP contribution in [0.4, 0.5) is 5.95 Å². The average Bonchev–Trinajstić information content (AvgIpc) is 2.76. The first kappa shape index (κ1) is 15.2. The lowest BCUT2D eigenvalue weighted by molar-refractivity contribution is 0.749. The van der Waals surface area contributed by atoms with Crippen LogP contribution in [-0.2, 0) is 6.54 Å². The van der Waals surface area contributed by atoms with Gasteiger partial charge >= 0.3 is 5.69 Å². The number of pyridine rings is 1. The number of nitrogens with one attached hydrogen (secondary N) is 1. The van der Waals surface area contributed by atoms with Gasteiger partial charge in [0.05, 0.1) is 12.2 Å². The Hall–Kier alpha value is -1.68. The predicted octanol–water partition coefficient (Wildman–Crippen LogP) is 2.02. The van der Waals surface area contributed by atoms with Crippen molar-refractivity contribution in [3.63, 3.8) is 0 Å². The highest BCUT2D eigenvalue weighted by molar-refractivity contribution is 14.1. The zero-order valence-electron chi connectivity index (χ0n) is 11.8. The lowest BCUT2D eigenvalue weighted by atomic mass is 10.1. The normalized spacial score (nSPS) is 11.3. The summed E-state index contributed by atoms with van der Waals surface area (Å²) in [6.45, 7) is 4.26. The zero-order chi connectivity index (χ0) is 16.0. The summed E-state index contributed by atoms with van der Waals surface area (Å²) in [4.78, 5) is 27.2. The molecule has 0 spiro atoms. The van der Waals surface area contributed by atoms with Crippen molar-refractivity contribution in [2.45, 2.75) is 20.4 Å². The molecule has 0 amide bonds. The number of aromatic amines is 1. The van der Waals surface area contributed by atoms with Gasteiger partial charge < -0.3 is 10.7 Å². The molecule has 3 rings (SSSR count). The lowest BCUT2D eigenvalue weighted by Gasteiger charge is -2.09. The third-order valence-corrected chi connectivity index (χ3v) is 5.36. The molecule has 9 heteroatoms. The smallest absolute Gasteiger partial charge is 0.328 e. The molecule has 0 aliphatic heterocycles. The standard InChI is InChI=1S/C13H12ClIN6O/c1-5-3-17-7(6(2)8(5)15)4-21-11-9(18-13(21)22)10(14)19-12(16)20-11/h3H,4H2,1-2H3,(H,18,22)(H2,16,19,20). The molecular weight excluding hydrogens is 419 g/mol. The number of H-pyrrole nitrogens is 1. The van der Waals surface area contributed by atoms with E-state index in [0.717, 1.165) is 20.4 Å². The van der Waals surface area contributed by atoms with E-state index in [-0.39, 0.29) is 23.3 Å². The van der Waals surface area contributed by atoms with Crippen molar-refractivity contribution in [2.24, 2.45) is 0 Å². The van der Waals surface area contributed by atoms with E-state index in [2.05, 4.69) is 42.5 Å². The molecule has 0 saturated carbocycles. The van der Waals surface area contributed by atoms with Gasteiger partial charge in [0.2, 0.25) is 5.95 Å². The van der Waals surface area contributed by atoms with Gasteiger partial charge in [-0.25, -0.2) is 4.79 Å². The summed E-state index contributed by atoms with van der Waals surface area (Å²) < 4.78 is 2.59. The third kappa shape index (κ3) is 2.45. The maximum absolute atomic E-state index is 12.2. The Labute approximate surface area is 144 Å². The molecule has 0 aliphatic rings. The zero-order valence-corrected chi connectivity index (χ0v) is 14.7. The highest BCUT2D eigenvalue weighted by atomic mass is 127. The number of nitrogens with zero attached hydrogens (tertiary/aromatic N) is 4. The van der Waals surface area contributed by atoms with Crippen molar-refractivity contribution in [3.8, 4) is 0 Å². The Morgan fingerprint density at radius 2 is 2.14 bits per heavy atom. The summed E-state index contributed by atoms with van der Waals surface area (Å²) >= 11 is 8.27. The SMILES string of the molecule is Cc1cnc(Cn2c(=O)[nH]c3c(Cl)nc(N)nc32)c(C)c1I. The Kier molecular flexibility index (Phi) is 3.81. The maximum Gasteiger partial charge on any atom is 0.328 e. The molecule has 7 nitrogen and oxygen atoms in total. The molecule has 0 bridgehead atoms. The minimum Gasteiger partial charge on any atom is -0.368 e. The highest BCUT2D eigenvalue weighted by Crippen LogP contribution is 2.21. The number of hydrogen-bond donors (Lipinski definition) is 2. The molecule has 0 saturated heterocycles. The van der Waals surface area contributed by atoms with Crippen LogP contribution in [0.2, 0.25) is 5.15 Å². The second-order valence-corrected chi connectivity index (χ2v) is 6.35. The Morgan fingerprint density at radius 3 is 2.86 bits per heavy atom. The number of hydrogen-bond acceptors (Lipinski definition) is 5. The van der Waals surface area contributed by atoms with Gasteiger partial charge in [-0.15, -0.1) is 0 Å². The Bertz CT molecular complexity index is 948. The van der Waals surface area contributed by atoms with Crippen molar-refractivity contribution in [1.82, 2.24) is 24.5 Å². The molecule has 3 heterocycles. The van der Waals surface area contributed by atoms with E-state index < -0.39 is 0 Å². The van der Waals surface area contributed by atoms with Gasteiger partial charge in [0.15, 0.2) is 10.8 Å². The van der Waals surface area contributed by atoms with E-state index in [1.54, 1.807) is 6.20 Å². The number of nitrogen functional groups attached to an aromatic ring is 1. The fraction of sp³-hybridized carbons (Fsp3) is 0.231. The van der Waals surface area contributed by atoms with Crippen LogP contribution >= 0.6 is 34.2 Å². The first-order valence-corrected chi connectivity index (χ1v) is 7.86. The fourth-order valence-corrected chi connectivity index (χ4v) is 2.89.